The zero-order valence-electron chi connectivity index (χ0n) is 14.1. The number of benzene rings is 2. The van der Waals surface area contributed by atoms with Gasteiger partial charge in [0.2, 0.25) is 20.0 Å². The zero-order chi connectivity index (χ0) is 18.8. The highest BCUT2D eigenvalue weighted by Crippen LogP contribution is 2.24. The molecule has 136 valence electrons. The molecular weight excluding hydrogens is 360 g/mol. The van der Waals surface area contributed by atoms with E-state index in [9.17, 15) is 16.8 Å². The minimum Gasteiger partial charge on any atom is -0.225 e. The summed E-state index contributed by atoms with van der Waals surface area (Å²) in [5.74, 6) is 0.164. The van der Waals surface area contributed by atoms with E-state index in [1.54, 1.807) is 30.3 Å². The molecule has 0 aromatic heterocycles. The normalized spacial score (nSPS) is 12.5. The Kier molecular flexibility index (Phi) is 5.68. The van der Waals surface area contributed by atoms with Crippen molar-refractivity contribution in [3.63, 3.8) is 0 Å². The second kappa shape index (κ2) is 7.25. The Morgan fingerprint density at radius 1 is 0.800 bits per heavy atom. The molecule has 2 aromatic rings. The van der Waals surface area contributed by atoms with Gasteiger partial charge in [-0.1, -0.05) is 44.2 Å². The first-order valence-corrected chi connectivity index (χ1v) is 10.9. The molecule has 0 heterocycles. The molecule has 0 aliphatic heterocycles. The Morgan fingerprint density at radius 3 is 1.84 bits per heavy atom. The van der Waals surface area contributed by atoms with Crippen LogP contribution in [0.5, 0.6) is 0 Å². The molecule has 0 amide bonds. The molecule has 0 aliphatic carbocycles. The molecule has 0 aliphatic rings. The van der Waals surface area contributed by atoms with Crippen molar-refractivity contribution in [2.45, 2.75) is 42.4 Å². The third kappa shape index (κ3) is 4.88. The molecule has 0 radical (unpaired) electrons. The van der Waals surface area contributed by atoms with Gasteiger partial charge in [-0.25, -0.2) is 27.1 Å². The summed E-state index contributed by atoms with van der Waals surface area (Å²) in [4.78, 5) is 0.123. The topological polar surface area (TPSA) is 120 Å². The Hall–Kier alpha value is -1.74. The van der Waals surface area contributed by atoms with Crippen LogP contribution in [0.2, 0.25) is 0 Å². The molecule has 25 heavy (non-hydrogen) atoms. The number of nitrogens with two attached hydrogens (primary N) is 2. The molecule has 0 unspecified atom stereocenters. The Labute approximate surface area is 149 Å². The van der Waals surface area contributed by atoms with Crippen molar-refractivity contribution in [1.82, 2.24) is 0 Å². The highest BCUT2D eigenvalue weighted by Gasteiger charge is 2.18. The highest BCUT2D eigenvalue weighted by molar-refractivity contribution is 7.89. The van der Waals surface area contributed by atoms with Crippen molar-refractivity contribution in [2.75, 3.05) is 0 Å². The number of sulfonamides is 2. The van der Waals surface area contributed by atoms with Crippen LogP contribution >= 0.6 is 0 Å². The summed E-state index contributed by atoms with van der Waals surface area (Å²) in [5, 5.41) is 10.6. The van der Waals surface area contributed by atoms with E-state index in [1.165, 1.54) is 6.07 Å². The van der Waals surface area contributed by atoms with Gasteiger partial charge >= 0.3 is 0 Å². The van der Waals surface area contributed by atoms with Crippen LogP contribution in [0.1, 0.15) is 36.5 Å². The average Bonchev–Trinajstić information content (AvgIpc) is 2.51. The molecule has 0 fully saturated rings. The van der Waals surface area contributed by atoms with Crippen molar-refractivity contribution in [3.8, 4) is 0 Å². The molecular formula is C17H22N2O4S2. The van der Waals surface area contributed by atoms with Crippen LogP contribution in [-0.4, -0.2) is 16.8 Å². The van der Waals surface area contributed by atoms with Crippen LogP contribution in [0.25, 0.3) is 0 Å². The number of primary sulfonamides is 2. The van der Waals surface area contributed by atoms with Crippen molar-refractivity contribution in [1.29, 1.82) is 0 Å². The van der Waals surface area contributed by atoms with E-state index in [0.717, 1.165) is 5.56 Å². The molecule has 0 saturated carbocycles. The fraction of sp³-hybridized carbons (Fsp3) is 0.294. The van der Waals surface area contributed by atoms with Crippen LogP contribution < -0.4 is 10.3 Å². The standard InChI is InChI=1S/C17H22N2O4S2/c1-12(2)15-10-9-14(17(11-15)25(19,22)23)8-7-13-5-3-4-6-16(13)24(18,20)21/h3-6,9-12H,7-8H2,1-2H3,(H2,18,20,21)(H2,19,22,23). The number of aryl methyl sites for hydroxylation is 2. The van der Waals surface area contributed by atoms with Gasteiger partial charge in [-0.2, -0.15) is 0 Å². The van der Waals surface area contributed by atoms with E-state index in [2.05, 4.69) is 0 Å². The summed E-state index contributed by atoms with van der Waals surface area (Å²) < 4.78 is 47.2. The van der Waals surface area contributed by atoms with Crippen LogP contribution in [0, 0.1) is 0 Å². The van der Waals surface area contributed by atoms with Crippen molar-refractivity contribution >= 4 is 20.0 Å². The van der Waals surface area contributed by atoms with Gasteiger partial charge in [0.15, 0.2) is 0 Å². The Bertz CT molecular complexity index is 981. The van der Waals surface area contributed by atoms with Crippen LogP contribution in [0.4, 0.5) is 0 Å². The van der Waals surface area contributed by atoms with E-state index >= 15 is 0 Å². The molecule has 8 heteroatoms. The fourth-order valence-electron chi connectivity index (χ4n) is 2.66. The largest absolute Gasteiger partial charge is 0.238 e. The fourth-order valence-corrected chi connectivity index (χ4v) is 4.30. The summed E-state index contributed by atoms with van der Waals surface area (Å²) in [6, 6.07) is 11.6. The van der Waals surface area contributed by atoms with Gasteiger partial charge in [-0.05, 0) is 47.6 Å². The van der Waals surface area contributed by atoms with E-state index in [-0.39, 0.29) is 15.7 Å². The quantitative estimate of drug-likeness (QED) is 0.792. The maximum absolute atomic E-state index is 11.9. The first-order chi connectivity index (χ1) is 11.5. The molecule has 2 rings (SSSR count). The molecule has 6 nitrogen and oxygen atoms in total. The van der Waals surface area contributed by atoms with E-state index < -0.39 is 20.0 Å². The number of hydrogen-bond acceptors (Lipinski definition) is 4. The monoisotopic (exact) mass is 382 g/mol. The first-order valence-electron chi connectivity index (χ1n) is 7.76. The minimum absolute atomic E-state index is 0.0472. The van der Waals surface area contributed by atoms with Crippen molar-refractivity contribution in [2.24, 2.45) is 10.3 Å². The maximum Gasteiger partial charge on any atom is 0.238 e. The number of rotatable bonds is 6. The molecule has 4 N–H and O–H groups in total. The molecule has 2 aromatic carbocycles. The van der Waals surface area contributed by atoms with E-state index in [1.807, 2.05) is 19.9 Å². The lowest BCUT2D eigenvalue weighted by atomic mass is 9.99. The lowest BCUT2D eigenvalue weighted by Gasteiger charge is -2.13. The average molecular weight is 383 g/mol. The Morgan fingerprint density at radius 2 is 1.32 bits per heavy atom. The molecule has 0 spiro atoms. The van der Waals surface area contributed by atoms with Crippen molar-refractivity contribution in [3.05, 3.63) is 59.2 Å². The third-order valence-electron chi connectivity index (χ3n) is 4.01. The molecule has 0 atom stereocenters. The predicted molar refractivity (Wildman–Crippen MR) is 97.1 cm³/mol. The first kappa shape index (κ1) is 19.6. The van der Waals surface area contributed by atoms with Crippen LogP contribution in [0.3, 0.4) is 0 Å². The van der Waals surface area contributed by atoms with Gasteiger partial charge in [0.1, 0.15) is 0 Å². The summed E-state index contributed by atoms with van der Waals surface area (Å²) in [6.07, 6.45) is 0.660. The summed E-state index contributed by atoms with van der Waals surface area (Å²) in [5.41, 5.74) is 1.96. The van der Waals surface area contributed by atoms with E-state index in [0.29, 0.717) is 24.0 Å². The van der Waals surface area contributed by atoms with Crippen molar-refractivity contribution < 1.29 is 16.8 Å². The SMILES string of the molecule is CC(C)c1ccc(CCc2ccccc2S(N)(=O)=O)c(S(N)(=O)=O)c1. The van der Waals surface area contributed by atoms with E-state index in [4.69, 9.17) is 10.3 Å². The smallest absolute Gasteiger partial charge is 0.225 e. The second-order valence-electron chi connectivity index (χ2n) is 6.22. The minimum atomic E-state index is -3.88. The lowest BCUT2D eigenvalue weighted by Crippen LogP contribution is -2.17. The van der Waals surface area contributed by atoms with Crippen LogP contribution in [-0.2, 0) is 32.9 Å². The van der Waals surface area contributed by atoms with Gasteiger partial charge in [0.05, 0.1) is 9.79 Å². The maximum atomic E-state index is 11.9. The summed E-state index contributed by atoms with van der Waals surface area (Å²) in [6.45, 7) is 3.93. The third-order valence-corrected chi connectivity index (χ3v) is 6.01. The highest BCUT2D eigenvalue weighted by atomic mass is 32.2. The Balaban J connectivity index is 2.40. The lowest BCUT2D eigenvalue weighted by molar-refractivity contribution is 0.593. The van der Waals surface area contributed by atoms with Gasteiger partial charge in [0, 0.05) is 0 Å². The predicted octanol–water partition coefficient (Wildman–Crippen LogP) is 1.89. The molecule has 0 bridgehead atoms. The van der Waals surface area contributed by atoms with Gasteiger partial charge in [-0.3, -0.25) is 0 Å². The van der Waals surface area contributed by atoms with Crippen LogP contribution in [0.15, 0.2) is 52.3 Å². The van der Waals surface area contributed by atoms with Gasteiger partial charge < -0.3 is 0 Å². The van der Waals surface area contributed by atoms with Gasteiger partial charge in [0.25, 0.3) is 0 Å². The summed E-state index contributed by atoms with van der Waals surface area (Å²) in [7, 11) is -7.71. The summed E-state index contributed by atoms with van der Waals surface area (Å²) >= 11 is 0. The van der Waals surface area contributed by atoms with Gasteiger partial charge in [-0.15, -0.1) is 0 Å². The number of hydrogen-bond donors (Lipinski definition) is 2. The second-order valence-corrected chi connectivity index (χ2v) is 9.28. The molecule has 0 saturated heterocycles. The zero-order valence-corrected chi connectivity index (χ0v) is 15.8.